The summed E-state index contributed by atoms with van der Waals surface area (Å²) in [5.74, 6) is -0.848. The number of amides is 1. The molecule has 0 unspecified atom stereocenters. The molecule has 0 aliphatic heterocycles. The highest BCUT2D eigenvalue weighted by Gasteiger charge is 2.11. The van der Waals surface area contributed by atoms with Crippen molar-refractivity contribution in [2.45, 2.75) is 20.8 Å². The van der Waals surface area contributed by atoms with E-state index in [1.54, 1.807) is 6.07 Å². The van der Waals surface area contributed by atoms with Crippen LogP contribution in [-0.2, 0) is 4.79 Å². The first-order chi connectivity index (χ1) is 10.4. The summed E-state index contributed by atoms with van der Waals surface area (Å²) in [6, 6.07) is 6.29. The van der Waals surface area contributed by atoms with Crippen LogP contribution >= 0.6 is 15.9 Å². The van der Waals surface area contributed by atoms with Gasteiger partial charge in [-0.15, -0.1) is 0 Å². The minimum absolute atomic E-state index is 0.0359. The molecular weight excluding hydrogens is 351 g/mol. The van der Waals surface area contributed by atoms with Gasteiger partial charge in [0.05, 0.1) is 11.4 Å². The molecule has 0 saturated carbocycles. The first-order valence-corrected chi connectivity index (χ1v) is 7.48. The molecule has 4 nitrogen and oxygen atoms in total. The van der Waals surface area contributed by atoms with Gasteiger partial charge in [-0.3, -0.25) is 9.78 Å². The number of hydrogen-bond donors (Lipinski definition) is 1. The molecule has 1 heterocycles. The van der Waals surface area contributed by atoms with Crippen LogP contribution in [0.2, 0.25) is 0 Å². The van der Waals surface area contributed by atoms with E-state index < -0.39 is 5.82 Å². The van der Waals surface area contributed by atoms with Crippen LogP contribution in [0.4, 0.5) is 10.1 Å². The summed E-state index contributed by atoms with van der Waals surface area (Å²) in [4.78, 5) is 16.3. The molecule has 0 bridgehead atoms. The number of benzene rings is 1. The highest BCUT2D eigenvalue weighted by molar-refractivity contribution is 9.10. The Balaban J connectivity index is 2.02. The normalized spacial score (nSPS) is 10.4. The number of pyridine rings is 1. The van der Waals surface area contributed by atoms with Crippen molar-refractivity contribution in [3.8, 4) is 5.75 Å². The zero-order valence-electron chi connectivity index (χ0n) is 12.5. The quantitative estimate of drug-likeness (QED) is 0.891. The molecule has 0 aliphatic rings. The first kappa shape index (κ1) is 16.4. The topological polar surface area (TPSA) is 51.2 Å². The highest BCUT2D eigenvalue weighted by atomic mass is 79.9. The molecule has 22 heavy (non-hydrogen) atoms. The van der Waals surface area contributed by atoms with Crippen molar-refractivity contribution < 1.29 is 13.9 Å². The number of ether oxygens (including phenoxy) is 1. The second-order valence-corrected chi connectivity index (χ2v) is 5.87. The number of hydrogen-bond acceptors (Lipinski definition) is 3. The molecule has 0 saturated heterocycles. The smallest absolute Gasteiger partial charge is 0.262 e. The molecule has 1 amide bonds. The van der Waals surface area contributed by atoms with Crippen molar-refractivity contribution >= 4 is 27.5 Å². The number of aromatic nitrogens is 1. The summed E-state index contributed by atoms with van der Waals surface area (Å²) in [7, 11) is 0. The number of nitrogens with zero attached hydrogens (tertiary/aromatic N) is 1. The second kappa shape index (κ2) is 6.87. The van der Waals surface area contributed by atoms with Gasteiger partial charge in [-0.1, -0.05) is 15.9 Å². The molecular formula is C16H16BrFN2O2. The van der Waals surface area contributed by atoms with Crippen LogP contribution in [0.5, 0.6) is 5.75 Å². The van der Waals surface area contributed by atoms with Crippen molar-refractivity contribution in [3.63, 3.8) is 0 Å². The molecule has 2 aromatic rings. The van der Waals surface area contributed by atoms with Gasteiger partial charge in [-0.2, -0.15) is 0 Å². The lowest BCUT2D eigenvalue weighted by Gasteiger charge is -2.12. The van der Waals surface area contributed by atoms with Gasteiger partial charge in [0, 0.05) is 10.2 Å². The summed E-state index contributed by atoms with van der Waals surface area (Å²) in [5, 5.41) is 2.75. The summed E-state index contributed by atoms with van der Waals surface area (Å²) in [5.41, 5.74) is 3.21. The number of carbonyl (C=O) groups excluding carboxylic acids is 1. The lowest BCUT2D eigenvalue weighted by molar-refractivity contribution is -0.118. The lowest BCUT2D eigenvalue weighted by Crippen LogP contribution is -2.22. The van der Waals surface area contributed by atoms with Crippen LogP contribution in [0.1, 0.15) is 17.0 Å². The van der Waals surface area contributed by atoms with Gasteiger partial charge in [0.2, 0.25) is 0 Å². The third kappa shape index (κ3) is 4.04. The van der Waals surface area contributed by atoms with E-state index >= 15 is 0 Å². The molecule has 116 valence electrons. The fraction of sp³-hybridized carbons (Fsp3) is 0.250. The Bertz CT molecular complexity index is 696. The average molecular weight is 367 g/mol. The lowest BCUT2D eigenvalue weighted by atomic mass is 10.1. The number of nitrogens with one attached hydrogen (secondary N) is 1. The SMILES string of the molecule is Cc1cc(C)c(NC(=O)COc2ccc(Br)cc2F)c(C)n1. The van der Waals surface area contributed by atoms with E-state index in [1.165, 1.54) is 12.1 Å². The molecule has 0 radical (unpaired) electrons. The Labute approximate surface area is 136 Å². The molecule has 0 atom stereocenters. The minimum Gasteiger partial charge on any atom is -0.481 e. The molecule has 0 aliphatic carbocycles. The van der Waals surface area contributed by atoms with Crippen LogP contribution in [-0.4, -0.2) is 17.5 Å². The van der Waals surface area contributed by atoms with Crippen LogP contribution in [0.15, 0.2) is 28.7 Å². The Hall–Kier alpha value is -1.95. The van der Waals surface area contributed by atoms with Crippen molar-refractivity contribution in [1.82, 2.24) is 4.98 Å². The molecule has 0 fully saturated rings. The predicted molar refractivity (Wildman–Crippen MR) is 86.7 cm³/mol. The number of aryl methyl sites for hydroxylation is 3. The Morgan fingerprint density at radius 3 is 2.68 bits per heavy atom. The van der Waals surface area contributed by atoms with Gasteiger partial charge in [-0.25, -0.2) is 4.39 Å². The summed E-state index contributed by atoms with van der Waals surface area (Å²) < 4.78 is 19.4. The second-order valence-electron chi connectivity index (χ2n) is 4.95. The van der Waals surface area contributed by atoms with Crippen molar-refractivity contribution in [2.24, 2.45) is 0 Å². The van der Waals surface area contributed by atoms with E-state index in [4.69, 9.17) is 4.74 Å². The molecule has 1 N–H and O–H groups in total. The van der Waals surface area contributed by atoms with E-state index in [-0.39, 0.29) is 18.3 Å². The average Bonchev–Trinajstić information content (AvgIpc) is 2.42. The largest absolute Gasteiger partial charge is 0.481 e. The molecule has 2 rings (SSSR count). The van der Waals surface area contributed by atoms with Gasteiger partial charge in [0.25, 0.3) is 5.91 Å². The standard InChI is InChI=1S/C16H16BrFN2O2/c1-9-6-10(2)19-11(3)16(9)20-15(21)8-22-14-5-4-12(17)7-13(14)18/h4-7H,8H2,1-3H3,(H,20,21). The Morgan fingerprint density at radius 1 is 1.32 bits per heavy atom. The maximum absolute atomic E-state index is 13.6. The highest BCUT2D eigenvalue weighted by Crippen LogP contribution is 2.22. The number of halogens is 2. The van der Waals surface area contributed by atoms with Crippen molar-refractivity contribution in [3.05, 3.63) is 51.5 Å². The minimum atomic E-state index is -0.522. The number of carbonyl (C=O) groups is 1. The molecule has 6 heteroatoms. The summed E-state index contributed by atoms with van der Waals surface area (Å²) in [6.45, 7) is 5.34. The monoisotopic (exact) mass is 366 g/mol. The number of anilines is 1. The van der Waals surface area contributed by atoms with E-state index in [0.29, 0.717) is 10.2 Å². The van der Waals surface area contributed by atoms with Crippen LogP contribution in [0.3, 0.4) is 0 Å². The zero-order valence-corrected chi connectivity index (χ0v) is 14.1. The maximum atomic E-state index is 13.6. The van der Waals surface area contributed by atoms with E-state index in [1.807, 2.05) is 26.8 Å². The fourth-order valence-corrected chi connectivity index (χ4v) is 2.46. The van der Waals surface area contributed by atoms with Gasteiger partial charge >= 0.3 is 0 Å². The van der Waals surface area contributed by atoms with E-state index in [2.05, 4.69) is 26.2 Å². The van der Waals surface area contributed by atoms with Gasteiger partial charge < -0.3 is 10.1 Å². The zero-order chi connectivity index (χ0) is 16.3. The first-order valence-electron chi connectivity index (χ1n) is 6.69. The maximum Gasteiger partial charge on any atom is 0.262 e. The van der Waals surface area contributed by atoms with Crippen LogP contribution in [0, 0.1) is 26.6 Å². The predicted octanol–water partition coefficient (Wildman–Crippen LogP) is 3.93. The molecule has 1 aromatic carbocycles. The van der Waals surface area contributed by atoms with Gasteiger partial charge in [-0.05, 0) is 50.6 Å². The molecule has 1 aromatic heterocycles. The van der Waals surface area contributed by atoms with Gasteiger partial charge in [0.15, 0.2) is 18.2 Å². The van der Waals surface area contributed by atoms with Crippen molar-refractivity contribution in [2.75, 3.05) is 11.9 Å². The van der Waals surface area contributed by atoms with Gasteiger partial charge in [0.1, 0.15) is 0 Å². The Kier molecular flexibility index (Phi) is 5.13. The number of rotatable bonds is 4. The van der Waals surface area contributed by atoms with Crippen molar-refractivity contribution in [1.29, 1.82) is 0 Å². The summed E-state index contributed by atoms with van der Waals surface area (Å²) in [6.07, 6.45) is 0. The van der Waals surface area contributed by atoms with E-state index in [9.17, 15) is 9.18 Å². The fourth-order valence-electron chi connectivity index (χ4n) is 2.12. The van der Waals surface area contributed by atoms with Crippen LogP contribution in [0.25, 0.3) is 0 Å². The third-order valence-electron chi connectivity index (χ3n) is 3.04. The van der Waals surface area contributed by atoms with E-state index in [0.717, 1.165) is 17.0 Å². The van der Waals surface area contributed by atoms with Crippen LogP contribution < -0.4 is 10.1 Å². The molecule has 0 spiro atoms. The summed E-state index contributed by atoms with van der Waals surface area (Å²) >= 11 is 3.16. The third-order valence-corrected chi connectivity index (χ3v) is 3.54. The Morgan fingerprint density at radius 2 is 2.05 bits per heavy atom.